The molecule has 2 aromatic rings. The van der Waals surface area contributed by atoms with E-state index in [9.17, 15) is 9.59 Å². The van der Waals surface area contributed by atoms with Gasteiger partial charge in [-0.05, 0) is 38.2 Å². The highest BCUT2D eigenvalue weighted by molar-refractivity contribution is 5.78. The molecule has 1 amide bonds. The Morgan fingerprint density at radius 1 is 1.15 bits per heavy atom. The van der Waals surface area contributed by atoms with E-state index in [1.807, 2.05) is 42.2 Å². The molecule has 5 nitrogen and oxygen atoms in total. The van der Waals surface area contributed by atoms with Crippen LogP contribution in [0.25, 0.3) is 11.3 Å². The second-order valence-corrected chi connectivity index (χ2v) is 7.39. The second kappa shape index (κ2) is 8.51. The molecule has 0 saturated carbocycles. The molecule has 0 aliphatic carbocycles. The zero-order valence-corrected chi connectivity index (χ0v) is 16.5. The minimum absolute atomic E-state index is 0.0475. The van der Waals surface area contributed by atoms with Gasteiger partial charge in [0.15, 0.2) is 0 Å². The lowest BCUT2D eigenvalue weighted by molar-refractivity contribution is -0.137. The van der Waals surface area contributed by atoms with Crippen molar-refractivity contribution in [1.82, 2.24) is 14.7 Å². The van der Waals surface area contributed by atoms with E-state index in [0.717, 1.165) is 42.5 Å². The maximum Gasteiger partial charge on any atom is 0.267 e. The molecule has 1 aliphatic rings. The number of aryl methyl sites for hydroxylation is 1. The number of rotatable bonds is 5. The van der Waals surface area contributed by atoms with Crippen LogP contribution in [0.2, 0.25) is 0 Å². The van der Waals surface area contributed by atoms with Crippen molar-refractivity contribution >= 4 is 5.91 Å². The molecule has 0 atom stereocenters. The number of carbonyl (C=O) groups excluding carboxylic acids is 1. The van der Waals surface area contributed by atoms with Crippen molar-refractivity contribution in [2.24, 2.45) is 5.92 Å². The molecule has 0 bridgehead atoms. The van der Waals surface area contributed by atoms with Crippen molar-refractivity contribution in [3.8, 4) is 11.3 Å². The van der Waals surface area contributed by atoms with Crippen molar-refractivity contribution in [2.75, 3.05) is 13.1 Å². The third-order valence-corrected chi connectivity index (χ3v) is 5.65. The molecular formula is C22H29N3O2. The van der Waals surface area contributed by atoms with Gasteiger partial charge in [0.05, 0.1) is 11.7 Å². The van der Waals surface area contributed by atoms with E-state index in [1.165, 1.54) is 0 Å². The third kappa shape index (κ3) is 4.12. The van der Waals surface area contributed by atoms with Crippen LogP contribution < -0.4 is 5.56 Å². The van der Waals surface area contributed by atoms with E-state index in [0.29, 0.717) is 13.1 Å². The van der Waals surface area contributed by atoms with Crippen LogP contribution in [0.3, 0.4) is 0 Å². The van der Waals surface area contributed by atoms with Crippen LogP contribution in [0.15, 0.2) is 41.2 Å². The summed E-state index contributed by atoms with van der Waals surface area (Å²) in [5.74, 6) is 0.374. The second-order valence-electron chi connectivity index (χ2n) is 7.39. The van der Waals surface area contributed by atoms with E-state index in [2.05, 4.69) is 13.8 Å². The first-order chi connectivity index (χ1) is 13.0. The zero-order valence-electron chi connectivity index (χ0n) is 16.5. The Morgan fingerprint density at radius 3 is 2.37 bits per heavy atom. The molecule has 1 saturated heterocycles. The van der Waals surface area contributed by atoms with Gasteiger partial charge < -0.3 is 4.90 Å². The number of benzene rings is 1. The van der Waals surface area contributed by atoms with Crippen LogP contribution >= 0.6 is 0 Å². The van der Waals surface area contributed by atoms with Gasteiger partial charge >= 0.3 is 0 Å². The molecule has 5 heteroatoms. The lowest BCUT2D eigenvalue weighted by Crippen LogP contribution is -2.43. The maximum atomic E-state index is 12.6. The van der Waals surface area contributed by atoms with Crippen molar-refractivity contribution in [3.05, 3.63) is 52.3 Å². The summed E-state index contributed by atoms with van der Waals surface area (Å²) in [4.78, 5) is 27.1. The van der Waals surface area contributed by atoms with Gasteiger partial charge in [-0.25, -0.2) is 4.68 Å². The summed E-state index contributed by atoms with van der Waals surface area (Å²) < 4.78 is 1.63. The Bertz CT molecular complexity index is 832. The number of aromatic nitrogens is 2. The van der Waals surface area contributed by atoms with Crippen molar-refractivity contribution in [2.45, 2.75) is 52.5 Å². The maximum absolute atomic E-state index is 12.6. The quantitative estimate of drug-likeness (QED) is 0.807. The Hall–Kier alpha value is -2.43. The lowest BCUT2D eigenvalue weighted by Gasteiger charge is -2.34. The van der Waals surface area contributed by atoms with E-state index in [1.54, 1.807) is 10.7 Å². The van der Waals surface area contributed by atoms with Gasteiger partial charge in [0.1, 0.15) is 0 Å². The standard InChI is InChI=1S/C22H29N3O2/c1-4-17(5-2)22(27)24-13-11-19(12-14-24)25-20(26)15-16(3)21(23-25)18-9-7-6-8-10-18/h6-10,15,17,19H,4-5,11-14H2,1-3H3. The van der Waals surface area contributed by atoms with Crippen LogP contribution in [0, 0.1) is 12.8 Å². The Kier molecular flexibility index (Phi) is 6.09. The summed E-state index contributed by atoms with van der Waals surface area (Å²) in [6.07, 6.45) is 3.31. The topological polar surface area (TPSA) is 55.2 Å². The SMILES string of the molecule is CCC(CC)C(=O)N1CCC(n2nc(-c3ccccc3)c(C)cc2=O)CC1. The average Bonchev–Trinajstić information content (AvgIpc) is 2.70. The molecule has 1 fully saturated rings. The van der Waals surface area contributed by atoms with E-state index in [4.69, 9.17) is 5.10 Å². The van der Waals surface area contributed by atoms with Crippen LogP contribution in [-0.4, -0.2) is 33.7 Å². The van der Waals surface area contributed by atoms with Crippen LogP contribution in [0.5, 0.6) is 0 Å². The van der Waals surface area contributed by atoms with Gasteiger partial charge in [-0.15, -0.1) is 0 Å². The first-order valence-corrected chi connectivity index (χ1v) is 9.99. The molecule has 0 N–H and O–H groups in total. The summed E-state index contributed by atoms with van der Waals surface area (Å²) in [6, 6.07) is 11.7. The minimum Gasteiger partial charge on any atom is -0.342 e. The molecule has 1 aliphatic heterocycles. The molecule has 144 valence electrons. The Labute approximate surface area is 161 Å². The predicted molar refractivity (Wildman–Crippen MR) is 108 cm³/mol. The number of hydrogen-bond donors (Lipinski definition) is 0. The summed E-state index contributed by atoms with van der Waals surface area (Å²) in [7, 11) is 0. The molecule has 1 aromatic heterocycles. The first-order valence-electron chi connectivity index (χ1n) is 9.99. The Morgan fingerprint density at radius 2 is 1.78 bits per heavy atom. The first kappa shape index (κ1) is 19.3. The monoisotopic (exact) mass is 367 g/mol. The summed E-state index contributed by atoms with van der Waals surface area (Å²) in [5, 5.41) is 4.70. The van der Waals surface area contributed by atoms with E-state index in [-0.39, 0.29) is 23.4 Å². The highest BCUT2D eigenvalue weighted by Crippen LogP contribution is 2.25. The fraction of sp³-hybridized carbons (Fsp3) is 0.500. The van der Waals surface area contributed by atoms with Crippen molar-refractivity contribution in [3.63, 3.8) is 0 Å². The number of hydrogen-bond acceptors (Lipinski definition) is 3. The number of carbonyl (C=O) groups is 1. The van der Waals surface area contributed by atoms with E-state index < -0.39 is 0 Å². The number of likely N-dealkylation sites (tertiary alicyclic amines) is 1. The Balaban J connectivity index is 1.79. The molecule has 27 heavy (non-hydrogen) atoms. The van der Waals surface area contributed by atoms with Gasteiger partial charge in [0, 0.05) is 30.6 Å². The summed E-state index contributed by atoms with van der Waals surface area (Å²) in [5.41, 5.74) is 2.71. The fourth-order valence-electron chi connectivity index (χ4n) is 3.93. The average molecular weight is 367 g/mol. The number of nitrogens with zero attached hydrogens (tertiary/aromatic N) is 3. The molecule has 3 rings (SSSR count). The molecule has 1 aromatic carbocycles. The lowest BCUT2D eigenvalue weighted by atomic mass is 9.98. The highest BCUT2D eigenvalue weighted by atomic mass is 16.2. The van der Waals surface area contributed by atoms with Crippen molar-refractivity contribution < 1.29 is 4.79 Å². The fourth-order valence-corrected chi connectivity index (χ4v) is 3.93. The van der Waals surface area contributed by atoms with Gasteiger partial charge in [-0.2, -0.15) is 5.10 Å². The summed E-state index contributed by atoms with van der Waals surface area (Å²) in [6.45, 7) is 7.46. The highest BCUT2D eigenvalue weighted by Gasteiger charge is 2.28. The van der Waals surface area contributed by atoms with Crippen molar-refractivity contribution in [1.29, 1.82) is 0 Å². The van der Waals surface area contributed by atoms with Crippen LogP contribution in [0.1, 0.15) is 51.1 Å². The van der Waals surface area contributed by atoms with Gasteiger partial charge in [0.25, 0.3) is 5.56 Å². The number of amides is 1. The van der Waals surface area contributed by atoms with Gasteiger partial charge in [-0.3, -0.25) is 9.59 Å². The minimum atomic E-state index is -0.0584. The molecule has 2 heterocycles. The van der Waals surface area contributed by atoms with Gasteiger partial charge in [0.2, 0.25) is 5.91 Å². The summed E-state index contributed by atoms with van der Waals surface area (Å²) >= 11 is 0. The molecular weight excluding hydrogens is 338 g/mol. The smallest absolute Gasteiger partial charge is 0.267 e. The molecule has 0 spiro atoms. The largest absolute Gasteiger partial charge is 0.342 e. The zero-order chi connectivity index (χ0) is 19.4. The normalized spacial score (nSPS) is 15.3. The van der Waals surface area contributed by atoms with Crippen LogP contribution in [0.4, 0.5) is 0 Å². The predicted octanol–water partition coefficient (Wildman–Crippen LogP) is 3.82. The van der Waals surface area contributed by atoms with Crippen LogP contribution in [-0.2, 0) is 4.79 Å². The molecule has 0 radical (unpaired) electrons. The third-order valence-electron chi connectivity index (χ3n) is 5.65. The van der Waals surface area contributed by atoms with Gasteiger partial charge in [-0.1, -0.05) is 44.2 Å². The molecule has 0 unspecified atom stereocenters. The number of piperidine rings is 1. The van der Waals surface area contributed by atoms with E-state index >= 15 is 0 Å².